The molecule has 0 amide bonds. The van der Waals surface area contributed by atoms with Gasteiger partial charge < -0.3 is 14.2 Å². The lowest BCUT2D eigenvalue weighted by Gasteiger charge is -2.27. The van der Waals surface area contributed by atoms with E-state index in [-0.39, 0.29) is 6.17 Å². The van der Waals surface area contributed by atoms with Crippen LogP contribution in [0.15, 0.2) is 188 Å². The van der Waals surface area contributed by atoms with Crippen LogP contribution in [0, 0.1) is 0 Å². The molecule has 8 aromatic rings. The highest BCUT2D eigenvalue weighted by Crippen LogP contribution is 2.34. The van der Waals surface area contributed by atoms with E-state index in [4.69, 9.17) is 18.8 Å². The monoisotopic (exact) mass is 723 g/mol. The summed E-state index contributed by atoms with van der Waals surface area (Å²) in [4.78, 5) is 10.3. The fraction of sp³-hybridized carbons (Fsp3) is 0.0980. The van der Waals surface area contributed by atoms with Gasteiger partial charge in [0.2, 0.25) is 0 Å². The number of allylic oxidation sites excluding steroid dienone is 3. The zero-order valence-electron chi connectivity index (χ0n) is 30.7. The molecule has 5 nitrogen and oxygen atoms in total. The van der Waals surface area contributed by atoms with Crippen LogP contribution in [0.5, 0.6) is 0 Å². The maximum atomic E-state index is 6.48. The summed E-state index contributed by atoms with van der Waals surface area (Å²) in [6.07, 6.45) is 10.4. The van der Waals surface area contributed by atoms with E-state index in [1.807, 2.05) is 36.4 Å². The largest absolute Gasteiger partial charge is 0.456 e. The fourth-order valence-corrected chi connectivity index (χ4v) is 8.54. The molecule has 1 N–H and O–H groups in total. The lowest BCUT2D eigenvalue weighted by atomic mass is 9.87. The Kier molecular flexibility index (Phi) is 7.76. The first kappa shape index (κ1) is 32.5. The fourth-order valence-electron chi connectivity index (χ4n) is 8.54. The maximum Gasteiger partial charge on any atom is 0.159 e. The third-order valence-corrected chi connectivity index (χ3v) is 11.4. The van der Waals surface area contributed by atoms with Crippen LogP contribution in [-0.4, -0.2) is 17.8 Å². The Hall–Kier alpha value is -6.98. The standard InChI is InChI=1S/C51H37N3O2/c1-3-10-32(11-4-1)33-18-20-34(21-19-33)38-27-29-45-43(30-38)48-40(15-9-17-46(48)55-45)35-22-24-37(25-23-35)50-52-49(36-12-5-2-6-13-36)53-51(54-50)39-26-28-42-41-14-7-8-16-44(41)56-47(42)31-39/h1-8,10-14,16-22,24,26-31,50H,9,15,23,25H2,(H,52,53,54). The van der Waals surface area contributed by atoms with Crippen LogP contribution in [-0.2, 0) is 0 Å². The van der Waals surface area contributed by atoms with Crippen LogP contribution in [0.25, 0.3) is 66.8 Å². The minimum Gasteiger partial charge on any atom is -0.456 e. The second kappa shape index (κ2) is 13.4. The summed E-state index contributed by atoms with van der Waals surface area (Å²) >= 11 is 0. The van der Waals surface area contributed by atoms with Crippen molar-refractivity contribution in [2.24, 2.45) is 9.98 Å². The molecule has 1 aliphatic heterocycles. The Balaban J connectivity index is 0.941. The molecular formula is C51H37N3O2. The number of fused-ring (bicyclic) bond motifs is 6. The Bertz CT molecular complexity index is 3090. The first-order chi connectivity index (χ1) is 27.7. The average molecular weight is 724 g/mol. The molecule has 3 heterocycles. The van der Waals surface area contributed by atoms with Gasteiger partial charge in [-0.1, -0.05) is 127 Å². The van der Waals surface area contributed by atoms with Gasteiger partial charge in [0.15, 0.2) is 5.84 Å². The van der Waals surface area contributed by atoms with Crippen molar-refractivity contribution in [3.63, 3.8) is 0 Å². The molecule has 5 heteroatoms. The SMILES string of the molecule is C1=C(C2=c3c(oc4ccc(-c5ccc(-c6ccccc6)cc5)cc34)=CCC2)CCC(C2N=C(c3ccccc3)N=C(c3ccc4c(c3)oc3ccccc34)N2)=C1. The number of hydrogen-bond acceptors (Lipinski definition) is 5. The van der Waals surface area contributed by atoms with Gasteiger partial charge in [0, 0.05) is 32.5 Å². The minimum absolute atomic E-state index is 0.243. The van der Waals surface area contributed by atoms with Gasteiger partial charge in [-0.2, -0.15) is 0 Å². The summed E-state index contributed by atoms with van der Waals surface area (Å²) in [6.45, 7) is 0. The molecule has 0 bridgehead atoms. The molecule has 2 aromatic heterocycles. The Morgan fingerprint density at radius 1 is 0.518 bits per heavy atom. The predicted molar refractivity (Wildman–Crippen MR) is 229 cm³/mol. The summed E-state index contributed by atoms with van der Waals surface area (Å²) in [5.41, 5.74) is 14.4. The summed E-state index contributed by atoms with van der Waals surface area (Å²) < 4.78 is 12.7. The smallest absolute Gasteiger partial charge is 0.159 e. The van der Waals surface area contributed by atoms with Crippen molar-refractivity contribution in [3.05, 3.63) is 191 Å². The molecule has 1 atom stereocenters. The molecule has 2 aliphatic carbocycles. The van der Waals surface area contributed by atoms with Gasteiger partial charge in [-0.25, -0.2) is 9.98 Å². The first-order valence-electron chi connectivity index (χ1n) is 19.4. The highest BCUT2D eigenvalue weighted by Gasteiger charge is 2.26. The number of furan rings is 2. The number of aliphatic imine (C=N–C) groups is 2. The van der Waals surface area contributed by atoms with E-state index >= 15 is 0 Å². The zero-order valence-corrected chi connectivity index (χ0v) is 30.7. The summed E-state index contributed by atoms with van der Waals surface area (Å²) in [5, 5.41) is 8.34. The number of para-hydroxylation sites is 1. The molecular weight excluding hydrogens is 687 g/mol. The van der Waals surface area contributed by atoms with Gasteiger partial charge in [-0.3, -0.25) is 0 Å². The van der Waals surface area contributed by atoms with Gasteiger partial charge in [0.05, 0.1) is 0 Å². The van der Waals surface area contributed by atoms with E-state index in [1.54, 1.807) is 0 Å². The number of amidine groups is 2. The molecule has 0 spiro atoms. The molecule has 3 aliphatic rings. The Morgan fingerprint density at radius 3 is 2.00 bits per heavy atom. The van der Waals surface area contributed by atoms with E-state index in [9.17, 15) is 0 Å². The van der Waals surface area contributed by atoms with E-state index in [0.29, 0.717) is 0 Å². The van der Waals surface area contributed by atoms with Crippen molar-refractivity contribution in [1.82, 2.24) is 5.32 Å². The van der Waals surface area contributed by atoms with E-state index in [0.717, 1.165) is 81.4 Å². The summed E-state index contributed by atoms with van der Waals surface area (Å²) in [6, 6.07) is 50.8. The molecule has 6 aromatic carbocycles. The van der Waals surface area contributed by atoms with Gasteiger partial charge >= 0.3 is 0 Å². The van der Waals surface area contributed by atoms with Gasteiger partial charge in [-0.15, -0.1) is 0 Å². The third kappa shape index (κ3) is 5.71. The lowest BCUT2D eigenvalue weighted by Crippen LogP contribution is -2.40. The van der Waals surface area contributed by atoms with Crippen molar-refractivity contribution in [1.29, 1.82) is 0 Å². The number of nitrogens with zero attached hydrogens (tertiary/aromatic N) is 2. The Labute approximate surface area is 324 Å². The number of rotatable bonds is 6. The topological polar surface area (TPSA) is 63.0 Å². The highest BCUT2D eigenvalue weighted by atomic mass is 16.3. The number of benzene rings is 6. The van der Waals surface area contributed by atoms with E-state index < -0.39 is 0 Å². The zero-order chi connectivity index (χ0) is 37.0. The van der Waals surface area contributed by atoms with Gasteiger partial charge in [0.25, 0.3) is 0 Å². The van der Waals surface area contributed by atoms with Crippen LogP contribution < -0.4 is 16.0 Å². The van der Waals surface area contributed by atoms with E-state index in [2.05, 4.69) is 133 Å². The molecule has 11 rings (SSSR count). The van der Waals surface area contributed by atoms with Crippen molar-refractivity contribution in [2.45, 2.75) is 31.8 Å². The van der Waals surface area contributed by atoms with Crippen molar-refractivity contribution in [3.8, 4) is 22.3 Å². The molecule has 0 fully saturated rings. The molecule has 0 saturated carbocycles. The Morgan fingerprint density at radius 2 is 1.20 bits per heavy atom. The summed E-state index contributed by atoms with van der Waals surface area (Å²) in [5.74, 6) is 1.51. The molecule has 1 unspecified atom stereocenters. The van der Waals surface area contributed by atoms with Crippen LogP contribution in [0.4, 0.5) is 0 Å². The average Bonchev–Trinajstić information content (AvgIpc) is 3.85. The maximum absolute atomic E-state index is 6.48. The molecule has 268 valence electrons. The van der Waals surface area contributed by atoms with Crippen LogP contribution in [0.1, 0.15) is 36.8 Å². The quantitative estimate of drug-likeness (QED) is 0.186. The van der Waals surface area contributed by atoms with Crippen molar-refractivity contribution in [2.75, 3.05) is 0 Å². The molecule has 0 radical (unpaired) electrons. The molecule has 0 saturated heterocycles. The normalized spacial score (nSPS) is 16.8. The number of hydrogen-bond donors (Lipinski definition) is 1. The van der Waals surface area contributed by atoms with Crippen LogP contribution in [0.3, 0.4) is 0 Å². The lowest BCUT2D eigenvalue weighted by molar-refractivity contribution is 0.571. The van der Waals surface area contributed by atoms with Gasteiger partial charge in [0.1, 0.15) is 34.2 Å². The van der Waals surface area contributed by atoms with E-state index in [1.165, 1.54) is 49.6 Å². The summed E-state index contributed by atoms with van der Waals surface area (Å²) in [7, 11) is 0. The van der Waals surface area contributed by atoms with Crippen LogP contribution >= 0.6 is 0 Å². The second-order valence-electron chi connectivity index (χ2n) is 14.8. The van der Waals surface area contributed by atoms with Gasteiger partial charge in [-0.05, 0) is 101 Å². The predicted octanol–water partition coefficient (Wildman–Crippen LogP) is 10.9. The van der Waals surface area contributed by atoms with Crippen molar-refractivity contribution >= 4 is 56.2 Å². The third-order valence-electron chi connectivity index (χ3n) is 11.4. The number of nitrogens with one attached hydrogen (secondary N) is 1. The molecule has 56 heavy (non-hydrogen) atoms. The minimum atomic E-state index is -0.243. The van der Waals surface area contributed by atoms with Crippen LogP contribution in [0.2, 0.25) is 0 Å². The highest BCUT2D eigenvalue weighted by molar-refractivity contribution is 6.15. The second-order valence-corrected chi connectivity index (χ2v) is 14.8. The van der Waals surface area contributed by atoms with Crippen molar-refractivity contribution < 1.29 is 8.83 Å². The first-order valence-corrected chi connectivity index (χ1v) is 19.4.